The standard InChI is InChI=1S/C8H3F15O6S3/c9-4(10,11)3(5(12,13)14,6(15,16)17)1-30(24,25)2(31(26,27)7(18,19)20)32(28,29)8(21,22)23/h2H,1H2. The van der Waals surface area contributed by atoms with Crippen LogP contribution in [-0.4, -0.2) is 64.5 Å². The Kier molecular flexibility index (Phi) is 7.37. The molecule has 0 aromatic heterocycles. The van der Waals surface area contributed by atoms with Crippen LogP contribution in [0.5, 0.6) is 0 Å². The van der Waals surface area contributed by atoms with Crippen molar-refractivity contribution >= 4 is 29.5 Å². The van der Waals surface area contributed by atoms with Gasteiger partial charge in [-0.05, 0) is 0 Å². The van der Waals surface area contributed by atoms with Crippen molar-refractivity contribution in [2.24, 2.45) is 5.41 Å². The molecule has 0 aliphatic rings. The van der Waals surface area contributed by atoms with Crippen LogP contribution in [0.3, 0.4) is 0 Å². The van der Waals surface area contributed by atoms with Crippen molar-refractivity contribution in [2.75, 3.05) is 5.75 Å². The van der Waals surface area contributed by atoms with E-state index in [0.29, 0.717) is 0 Å². The molecule has 0 N–H and O–H groups in total. The van der Waals surface area contributed by atoms with Gasteiger partial charge in [-0.1, -0.05) is 0 Å². The van der Waals surface area contributed by atoms with Crippen molar-refractivity contribution in [3.8, 4) is 0 Å². The molecule has 0 saturated carbocycles. The molecule has 0 unspecified atom stereocenters. The normalized spacial score (nSPS) is 16.5. The highest BCUT2D eigenvalue weighted by molar-refractivity contribution is 8.24. The smallest absolute Gasteiger partial charge is 0.226 e. The van der Waals surface area contributed by atoms with Gasteiger partial charge < -0.3 is 0 Å². The monoisotopic (exact) mass is 576 g/mol. The van der Waals surface area contributed by atoms with Gasteiger partial charge in [-0.2, -0.15) is 65.9 Å². The van der Waals surface area contributed by atoms with Crippen molar-refractivity contribution in [2.45, 2.75) is 33.5 Å². The molecular formula is C8H3F15O6S3. The second-order valence-corrected chi connectivity index (χ2v) is 12.5. The highest BCUT2D eigenvalue weighted by atomic mass is 32.3. The number of rotatable bonds is 5. The van der Waals surface area contributed by atoms with E-state index in [1.807, 2.05) is 0 Å². The first-order chi connectivity index (χ1) is 13.3. The summed E-state index contributed by atoms with van der Waals surface area (Å²) in [6, 6.07) is 0. The van der Waals surface area contributed by atoms with Crippen LogP contribution in [0.25, 0.3) is 0 Å². The van der Waals surface area contributed by atoms with Gasteiger partial charge in [0.2, 0.25) is 0 Å². The lowest BCUT2D eigenvalue weighted by Crippen LogP contribution is -2.64. The molecular weight excluding hydrogens is 573 g/mol. The van der Waals surface area contributed by atoms with Gasteiger partial charge in [-0.15, -0.1) is 0 Å². The third kappa shape index (κ3) is 4.84. The molecule has 0 aromatic carbocycles. The average molecular weight is 576 g/mol. The van der Waals surface area contributed by atoms with Crippen LogP contribution in [0.2, 0.25) is 0 Å². The highest BCUT2D eigenvalue weighted by Crippen LogP contribution is 2.60. The van der Waals surface area contributed by atoms with Gasteiger partial charge in [0.25, 0.3) is 29.0 Å². The summed E-state index contributed by atoms with van der Waals surface area (Å²) in [4.78, 5) is 0. The van der Waals surface area contributed by atoms with Crippen LogP contribution in [-0.2, 0) is 29.5 Å². The molecule has 32 heavy (non-hydrogen) atoms. The van der Waals surface area contributed by atoms with E-state index in [0.717, 1.165) is 0 Å². The average Bonchev–Trinajstić information content (AvgIpc) is 2.36. The lowest BCUT2D eigenvalue weighted by molar-refractivity contribution is -0.418. The minimum atomic E-state index is -8.44. The van der Waals surface area contributed by atoms with E-state index in [1.54, 1.807) is 0 Å². The molecule has 0 aliphatic carbocycles. The minimum absolute atomic E-state index is 4.94. The van der Waals surface area contributed by atoms with Gasteiger partial charge in [0, 0.05) is 0 Å². The summed E-state index contributed by atoms with van der Waals surface area (Å²) in [5.41, 5.74) is -22.5. The summed E-state index contributed by atoms with van der Waals surface area (Å²) in [5, 5.41) is 0. The zero-order valence-electron chi connectivity index (χ0n) is 13.6. The Bertz CT molecular complexity index is 939. The molecule has 0 radical (unpaired) electrons. The number of hydrogen-bond donors (Lipinski definition) is 0. The van der Waals surface area contributed by atoms with Crippen LogP contribution in [0.15, 0.2) is 0 Å². The SMILES string of the molecule is O=S(=O)(CC(C(F)(F)F)(C(F)(F)F)C(F)(F)F)C(S(=O)(=O)C(F)(F)F)S(=O)(=O)C(F)(F)F. The second-order valence-electron chi connectivity index (χ2n) is 5.48. The molecule has 6 nitrogen and oxygen atoms in total. The van der Waals surface area contributed by atoms with Crippen molar-refractivity contribution in [3.63, 3.8) is 0 Å². The zero-order valence-corrected chi connectivity index (χ0v) is 16.1. The molecule has 0 spiro atoms. The summed E-state index contributed by atoms with van der Waals surface area (Å²) in [5.74, 6) is -4.94. The maximum absolute atomic E-state index is 12.8. The maximum Gasteiger partial charge on any atom is 0.499 e. The molecule has 194 valence electrons. The Hall–Kier alpha value is -1.20. The Balaban J connectivity index is 7.67. The van der Waals surface area contributed by atoms with Gasteiger partial charge in [0.1, 0.15) is 0 Å². The molecule has 0 aromatic rings. The summed E-state index contributed by atoms with van der Waals surface area (Å²) in [7, 11) is -25.2. The molecule has 0 bridgehead atoms. The van der Waals surface area contributed by atoms with E-state index < -0.39 is 74.1 Å². The first kappa shape index (κ1) is 30.8. The van der Waals surface area contributed by atoms with Crippen molar-refractivity contribution in [1.82, 2.24) is 0 Å². The molecule has 24 heteroatoms. The second kappa shape index (κ2) is 7.66. The third-order valence-electron chi connectivity index (χ3n) is 3.31. The van der Waals surface area contributed by atoms with Crippen molar-refractivity contribution in [1.29, 1.82) is 0 Å². The van der Waals surface area contributed by atoms with Crippen molar-refractivity contribution in [3.05, 3.63) is 0 Å². The maximum atomic E-state index is 12.8. The Labute approximate surface area is 166 Å². The van der Waals surface area contributed by atoms with E-state index in [9.17, 15) is 91.1 Å². The molecule has 0 aliphatic heterocycles. The summed E-state index contributed by atoms with van der Waals surface area (Å²) >= 11 is 0. The predicted octanol–water partition coefficient (Wildman–Crippen LogP) is 3.23. The fourth-order valence-electron chi connectivity index (χ4n) is 1.87. The lowest BCUT2D eigenvalue weighted by Gasteiger charge is -2.38. The number of sulfone groups is 3. The van der Waals surface area contributed by atoms with Gasteiger partial charge in [-0.25, -0.2) is 25.3 Å². The van der Waals surface area contributed by atoms with Gasteiger partial charge in [0.05, 0.1) is 5.75 Å². The summed E-state index contributed by atoms with van der Waals surface area (Å²) in [6.45, 7) is 0. The van der Waals surface area contributed by atoms with Crippen LogP contribution < -0.4 is 0 Å². The minimum Gasteiger partial charge on any atom is -0.226 e. The van der Waals surface area contributed by atoms with Gasteiger partial charge >= 0.3 is 29.5 Å². The molecule has 0 saturated heterocycles. The zero-order chi connectivity index (χ0) is 26.8. The highest BCUT2D eigenvalue weighted by Gasteiger charge is 2.85. The van der Waals surface area contributed by atoms with Crippen LogP contribution in [0, 0.1) is 5.41 Å². The Morgan fingerprint density at radius 2 is 0.688 bits per heavy atom. The van der Waals surface area contributed by atoms with E-state index in [4.69, 9.17) is 0 Å². The van der Waals surface area contributed by atoms with Crippen LogP contribution in [0.1, 0.15) is 0 Å². The molecule has 0 heterocycles. The summed E-state index contributed by atoms with van der Waals surface area (Å²) < 4.78 is 251. The van der Waals surface area contributed by atoms with Crippen LogP contribution in [0.4, 0.5) is 65.9 Å². The van der Waals surface area contributed by atoms with E-state index in [2.05, 4.69) is 0 Å². The molecule has 0 rings (SSSR count). The van der Waals surface area contributed by atoms with Crippen molar-refractivity contribution < 1.29 is 91.1 Å². The fourth-order valence-corrected chi connectivity index (χ4v) is 9.68. The predicted molar refractivity (Wildman–Crippen MR) is 68.1 cm³/mol. The first-order valence-corrected chi connectivity index (χ1v) is 11.2. The van der Waals surface area contributed by atoms with Gasteiger partial charge in [-0.3, -0.25) is 0 Å². The summed E-state index contributed by atoms with van der Waals surface area (Å²) in [6.07, 6.45) is -23.7. The van der Waals surface area contributed by atoms with Crippen LogP contribution >= 0.6 is 0 Å². The number of alkyl halides is 15. The van der Waals surface area contributed by atoms with E-state index >= 15 is 0 Å². The molecule has 0 fully saturated rings. The van der Waals surface area contributed by atoms with E-state index in [-0.39, 0.29) is 0 Å². The largest absolute Gasteiger partial charge is 0.499 e. The van der Waals surface area contributed by atoms with Gasteiger partial charge in [0.15, 0.2) is 9.84 Å². The fraction of sp³-hybridized carbons (Fsp3) is 1.00. The number of hydrogen-bond acceptors (Lipinski definition) is 6. The molecule has 0 amide bonds. The third-order valence-corrected chi connectivity index (χ3v) is 11.8. The van der Waals surface area contributed by atoms with E-state index in [1.165, 1.54) is 0 Å². The first-order valence-electron chi connectivity index (χ1n) is 6.34. The molecule has 0 atom stereocenters. The Morgan fingerprint density at radius 3 is 0.844 bits per heavy atom. The quantitative estimate of drug-likeness (QED) is 0.466. The Morgan fingerprint density at radius 1 is 0.469 bits per heavy atom. The topological polar surface area (TPSA) is 102 Å². The number of halogens is 15. The lowest BCUT2D eigenvalue weighted by atomic mass is 9.88.